The minimum atomic E-state index is -0.897. The van der Waals surface area contributed by atoms with Gasteiger partial charge < -0.3 is 5.32 Å². The van der Waals surface area contributed by atoms with Crippen LogP contribution in [0.15, 0.2) is 35.1 Å². The maximum Gasteiger partial charge on any atom is 0.261 e. The van der Waals surface area contributed by atoms with Gasteiger partial charge in [-0.15, -0.1) is 0 Å². The summed E-state index contributed by atoms with van der Waals surface area (Å²) < 4.78 is 27.9. The SMILES string of the molecule is Cc1ccc(F)c(C(=O)Nc2ccncc2Br)c1F. The molecule has 1 amide bonds. The highest BCUT2D eigenvalue weighted by molar-refractivity contribution is 9.10. The maximum atomic E-state index is 13.8. The molecule has 0 atom stereocenters. The lowest BCUT2D eigenvalue weighted by Crippen LogP contribution is -2.16. The summed E-state index contributed by atoms with van der Waals surface area (Å²) in [5, 5.41) is 2.43. The molecular weight excluding hydrogens is 318 g/mol. The smallest absolute Gasteiger partial charge is 0.261 e. The molecule has 98 valence electrons. The fourth-order valence-electron chi connectivity index (χ4n) is 1.53. The molecule has 0 spiro atoms. The van der Waals surface area contributed by atoms with E-state index in [-0.39, 0.29) is 5.56 Å². The summed E-state index contributed by atoms with van der Waals surface area (Å²) in [5.41, 5.74) is 0.00404. The van der Waals surface area contributed by atoms with Crippen molar-refractivity contribution in [2.45, 2.75) is 6.92 Å². The molecule has 1 aromatic carbocycles. The number of nitrogens with zero attached hydrogens (tertiary/aromatic N) is 1. The van der Waals surface area contributed by atoms with Gasteiger partial charge in [0.2, 0.25) is 0 Å². The third kappa shape index (κ3) is 2.78. The number of carbonyl (C=O) groups is 1. The molecule has 0 bridgehead atoms. The molecule has 0 saturated heterocycles. The lowest BCUT2D eigenvalue weighted by atomic mass is 10.1. The van der Waals surface area contributed by atoms with Gasteiger partial charge in [0, 0.05) is 12.4 Å². The van der Waals surface area contributed by atoms with Gasteiger partial charge in [-0.2, -0.15) is 0 Å². The largest absolute Gasteiger partial charge is 0.321 e. The highest BCUT2D eigenvalue weighted by Crippen LogP contribution is 2.22. The van der Waals surface area contributed by atoms with E-state index in [1.165, 1.54) is 31.5 Å². The van der Waals surface area contributed by atoms with Gasteiger partial charge in [0.05, 0.1) is 10.2 Å². The normalized spacial score (nSPS) is 10.3. The molecule has 6 heteroatoms. The minimum absolute atomic E-state index is 0.209. The van der Waals surface area contributed by atoms with Crippen LogP contribution >= 0.6 is 15.9 Å². The second-order valence-electron chi connectivity index (χ2n) is 3.86. The zero-order chi connectivity index (χ0) is 14.0. The van der Waals surface area contributed by atoms with Gasteiger partial charge in [-0.3, -0.25) is 9.78 Å². The van der Waals surface area contributed by atoms with Crippen LogP contribution in [0.5, 0.6) is 0 Å². The number of carbonyl (C=O) groups excluding carboxylic acids is 1. The average molecular weight is 327 g/mol. The highest BCUT2D eigenvalue weighted by Gasteiger charge is 2.19. The first kappa shape index (κ1) is 13.6. The Morgan fingerprint density at radius 3 is 2.74 bits per heavy atom. The molecule has 1 heterocycles. The number of nitrogens with one attached hydrogen (secondary N) is 1. The third-order valence-electron chi connectivity index (χ3n) is 2.53. The molecular formula is C13H9BrF2N2O. The Morgan fingerprint density at radius 1 is 1.32 bits per heavy atom. The molecule has 0 radical (unpaired) electrons. The number of aryl methyl sites for hydroxylation is 1. The van der Waals surface area contributed by atoms with E-state index in [2.05, 4.69) is 26.2 Å². The van der Waals surface area contributed by atoms with Crippen LogP contribution in [0.1, 0.15) is 15.9 Å². The Morgan fingerprint density at radius 2 is 2.05 bits per heavy atom. The van der Waals surface area contributed by atoms with Crippen LogP contribution in [0.3, 0.4) is 0 Å². The molecule has 0 fully saturated rings. The van der Waals surface area contributed by atoms with Gasteiger partial charge >= 0.3 is 0 Å². The molecule has 2 rings (SSSR count). The van der Waals surface area contributed by atoms with Crippen LogP contribution in [-0.2, 0) is 0 Å². The van der Waals surface area contributed by atoms with E-state index in [4.69, 9.17) is 0 Å². The van der Waals surface area contributed by atoms with Crippen LogP contribution in [0.25, 0.3) is 0 Å². The van der Waals surface area contributed by atoms with E-state index in [1.54, 1.807) is 0 Å². The van der Waals surface area contributed by atoms with E-state index in [0.29, 0.717) is 10.2 Å². The van der Waals surface area contributed by atoms with E-state index in [0.717, 1.165) is 6.07 Å². The molecule has 0 unspecified atom stereocenters. The summed E-state index contributed by atoms with van der Waals surface area (Å²) in [4.78, 5) is 15.8. The molecule has 2 aromatic rings. The van der Waals surface area contributed by atoms with Crippen molar-refractivity contribution in [1.29, 1.82) is 0 Å². The lowest BCUT2D eigenvalue weighted by Gasteiger charge is -2.09. The Kier molecular flexibility index (Phi) is 3.90. The number of rotatable bonds is 2. The number of hydrogen-bond donors (Lipinski definition) is 1. The lowest BCUT2D eigenvalue weighted by molar-refractivity contribution is 0.101. The van der Waals surface area contributed by atoms with Crippen molar-refractivity contribution < 1.29 is 13.6 Å². The average Bonchev–Trinajstić information content (AvgIpc) is 2.37. The Bertz CT molecular complexity index is 647. The summed E-state index contributed by atoms with van der Waals surface area (Å²) in [5.74, 6) is -2.60. The number of halogens is 3. The molecule has 3 nitrogen and oxygen atoms in total. The molecule has 0 saturated carbocycles. The predicted octanol–water partition coefficient (Wildman–Crippen LogP) is 3.68. The van der Waals surface area contributed by atoms with Crippen molar-refractivity contribution in [2.75, 3.05) is 5.32 Å². The van der Waals surface area contributed by atoms with Gasteiger partial charge in [-0.25, -0.2) is 8.78 Å². The summed E-state index contributed by atoms with van der Waals surface area (Å²) in [7, 11) is 0. The Labute approximate surface area is 116 Å². The van der Waals surface area contributed by atoms with Crippen LogP contribution in [0.2, 0.25) is 0 Å². The van der Waals surface area contributed by atoms with Crippen molar-refractivity contribution in [2.24, 2.45) is 0 Å². The van der Waals surface area contributed by atoms with Crippen molar-refractivity contribution in [1.82, 2.24) is 4.98 Å². The van der Waals surface area contributed by atoms with E-state index >= 15 is 0 Å². The third-order valence-corrected chi connectivity index (χ3v) is 3.16. The minimum Gasteiger partial charge on any atom is -0.321 e. The fourth-order valence-corrected chi connectivity index (χ4v) is 1.88. The van der Waals surface area contributed by atoms with Gasteiger partial charge in [0.15, 0.2) is 0 Å². The second-order valence-corrected chi connectivity index (χ2v) is 4.72. The summed E-state index contributed by atoms with van der Waals surface area (Å²) in [6.07, 6.45) is 2.93. The number of pyridine rings is 1. The van der Waals surface area contributed by atoms with E-state index in [1.807, 2.05) is 0 Å². The van der Waals surface area contributed by atoms with Crippen LogP contribution in [0.4, 0.5) is 14.5 Å². The molecule has 0 aliphatic carbocycles. The van der Waals surface area contributed by atoms with Crippen molar-refractivity contribution >= 4 is 27.5 Å². The number of anilines is 1. The van der Waals surface area contributed by atoms with Crippen LogP contribution < -0.4 is 5.32 Å². The summed E-state index contributed by atoms with van der Waals surface area (Å²) in [6, 6.07) is 3.87. The number of aromatic nitrogens is 1. The first-order chi connectivity index (χ1) is 9.00. The van der Waals surface area contributed by atoms with Gasteiger partial charge in [-0.05, 0) is 40.5 Å². The van der Waals surface area contributed by atoms with Gasteiger partial charge in [0.25, 0.3) is 5.91 Å². The van der Waals surface area contributed by atoms with Crippen molar-refractivity contribution in [3.63, 3.8) is 0 Å². The monoisotopic (exact) mass is 326 g/mol. The summed E-state index contributed by atoms with van der Waals surface area (Å²) in [6.45, 7) is 1.47. The standard InChI is InChI=1S/C13H9BrF2N2O/c1-7-2-3-9(15)11(12(7)16)13(19)18-10-4-5-17-6-8(10)14/h2-6H,1H3,(H,17,18,19). The molecule has 19 heavy (non-hydrogen) atoms. The van der Waals surface area contributed by atoms with Crippen molar-refractivity contribution in [3.05, 3.63) is 57.8 Å². The van der Waals surface area contributed by atoms with Gasteiger partial charge in [-0.1, -0.05) is 6.07 Å². The Balaban J connectivity index is 2.36. The first-order valence-corrected chi connectivity index (χ1v) is 6.15. The van der Waals surface area contributed by atoms with E-state index in [9.17, 15) is 13.6 Å². The fraction of sp³-hybridized carbons (Fsp3) is 0.0769. The first-order valence-electron chi connectivity index (χ1n) is 5.36. The predicted molar refractivity (Wildman–Crippen MR) is 71.0 cm³/mol. The molecule has 1 aromatic heterocycles. The molecule has 0 aliphatic heterocycles. The van der Waals surface area contributed by atoms with Crippen molar-refractivity contribution in [3.8, 4) is 0 Å². The van der Waals surface area contributed by atoms with Crippen LogP contribution in [0, 0.1) is 18.6 Å². The number of benzene rings is 1. The summed E-state index contributed by atoms with van der Waals surface area (Å²) >= 11 is 3.18. The quantitative estimate of drug-likeness (QED) is 0.914. The molecule has 1 N–H and O–H groups in total. The Hall–Kier alpha value is -1.82. The topological polar surface area (TPSA) is 42.0 Å². The zero-order valence-electron chi connectivity index (χ0n) is 9.88. The van der Waals surface area contributed by atoms with Crippen LogP contribution in [-0.4, -0.2) is 10.9 Å². The molecule has 0 aliphatic rings. The second kappa shape index (κ2) is 5.44. The van der Waals surface area contributed by atoms with Gasteiger partial charge in [0.1, 0.15) is 17.2 Å². The zero-order valence-corrected chi connectivity index (χ0v) is 11.5. The maximum absolute atomic E-state index is 13.8. The number of hydrogen-bond acceptors (Lipinski definition) is 2. The van der Waals surface area contributed by atoms with E-state index < -0.39 is 23.1 Å². The highest BCUT2D eigenvalue weighted by atomic mass is 79.9. The number of amides is 1.